The van der Waals surface area contributed by atoms with Crippen molar-refractivity contribution in [1.29, 1.82) is 0 Å². The van der Waals surface area contributed by atoms with Gasteiger partial charge in [-0.15, -0.1) is 0 Å². The summed E-state index contributed by atoms with van der Waals surface area (Å²) in [6.45, 7) is 6.37. The molecule has 1 aliphatic heterocycles. The van der Waals surface area contributed by atoms with Gasteiger partial charge in [-0.25, -0.2) is 12.8 Å². The lowest BCUT2D eigenvalue weighted by Crippen LogP contribution is -2.48. The summed E-state index contributed by atoms with van der Waals surface area (Å²) in [6.07, 6.45) is 0. The van der Waals surface area contributed by atoms with Gasteiger partial charge in [0, 0.05) is 39.8 Å². The molecular weight excluding hydrogens is 343 g/mol. The van der Waals surface area contributed by atoms with Gasteiger partial charge in [0.15, 0.2) is 0 Å². The van der Waals surface area contributed by atoms with Crippen molar-refractivity contribution >= 4 is 10.0 Å². The molecular formula is C17H23FN4O2S. The minimum absolute atomic E-state index is 0.248. The van der Waals surface area contributed by atoms with E-state index >= 15 is 0 Å². The van der Waals surface area contributed by atoms with Crippen LogP contribution in [0.5, 0.6) is 0 Å². The van der Waals surface area contributed by atoms with Crippen molar-refractivity contribution in [3.63, 3.8) is 0 Å². The van der Waals surface area contributed by atoms with Crippen molar-refractivity contribution in [2.24, 2.45) is 7.05 Å². The van der Waals surface area contributed by atoms with E-state index in [-0.39, 0.29) is 5.82 Å². The normalized spacial score (nSPS) is 17.1. The van der Waals surface area contributed by atoms with Gasteiger partial charge in [0.25, 0.3) is 0 Å². The summed E-state index contributed by atoms with van der Waals surface area (Å²) in [7, 11) is -1.78. The second-order valence-corrected chi connectivity index (χ2v) is 8.31. The SMILES string of the molecule is Cc1nn(C)c(C)c1S(=O)(=O)N1CCN(Cc2ccc(F)cc2)CC1. The van der Waals surface area contributed by atoms with Crippen LogP contribution < -0.4 is 0 Å². The average Bonchev–Trinajstić information content (AvgIpc) is 2.83. The molecule has 3 rings (SSSR count). The number of piperazine rings is 1. The van der Waals surface area contributed by atoms with Crippen LogP contribution in [0, 0.1) is 19.7 Å². The van der Waals surface area contributed by atoms with Gasteiger partial charge in [0.05, 0.1) is 11.4 Å². The van der Waals surface area contributed by atoms with Crippen LogP contribution in [-0.2, 0) is 23.6 Å². The smallest absolute Gasteiger partial charge is 0.246 e. The molecule has 25 heavy (non-hydrogen) atoms. The summed E-state index contributed by atoms with van der Waals surface area (Å²) in [5, 5.41) is 4.22. The molecule has 1 saturated heterocycles. The predicted molar refractivity (Wildman–Crippen MR) is 93.1 cm³/mol. The number of aromatic nitrogens is 2. The summed E-state index contributed by atoms with van der Waals surface area (Å²) < 4.78 is 42.0. The largest absolute Gasteiger partial charge is 0.296 e. The van der Waals surface area contributed by atoms with Crippen LogP contribution in [0.4, 0.5) is 4.39 Å². The molecule has 0 aliphatic carbocycles. The fourth-order valence-corrected chi connectivity index (χ4v) is 5.05. The molecule has 0 bridgehead atoms. The minimum Gasteiger partial charge on any atom is -0.296 e. The van der Waals surface area contributed by atoms with Gasteiger partial charge in [0.2, 0.25) is 10.0 Å². The highest BCUT2D eigenvalue weighted by atomic mass is 32.2. The van der Waals surface area contributed by atoms with Crippen molar-refractivity contribution in [1.82, 2.24) is 19.0 Å². The van der Waals surface area contributed by atoms with E-state index < -0.39 is 10.0 Å². The number of halogens is 1. The molecule has 1 aliphatic rings. The zero-order valence-electron chi connectivity index (χ0n) is 14.7. The first kappa shape index (κ1) is 18.0. The molecule has 0 N–H and O–H groups in total. The number of hydrogen-bond donors (Lipinski definition) is 0. The Kier molecular flexibility index (Phi) is 4.95. The summed E-state index contributed by atoms with van der Waals surface area (Å²) >= 11 is 0. The molecule has 136 valence electrons. The Morgan fingerprint density at radius 3 is 2.20 bits per heavy atom. The fraction of sp³-hybridized carbons (Fsp3) is 0.471. The molecule has 0 spiro atoms. The highest BCUT2D eigenvalue weighted by molar-refractivity contribution is 7.89. The quantitative estimate of drug-likeness (QED) is 0.826. The predicted octanol–water partition coefficient (Wildman–Crippen LogP) is 1.68. The van der Waals surface area contributed by atoms with E-state index in [4.69, 9.17) is 0 Å². The molecule has 0 radical (unpaired) electrons. The Bertz CT molecular complexity index is 854. The van der Waals surface area contributed by atoms with Crippen molar-refractivity contribution in [3.05, 3.63) is 47.0 Å². The van der Waals surface area contributed by atoms with Gasteiger partial charge in [-0.1, -0.05) is 12.1 Å². The lowest BCUT2D eigenvalue weighted by molar-refractivity contribution is 0.181. The van der Waals surface area contributed by atoms with Gasteiger partial charge in [-0.2, -0.15) is 9.40 Å². The molecule has 1 aromatic heterocycles. The van der Waals surface area contributed by atoms with E-state index in [2.05, 4.69) is 10.00 Å². The van der Waals surface area contributed by atoms with Crippen LogP contribution in [0.2, 0.25) is 0 Å². The first-order chi connectivity index (χ1) is 11.8. The van der Waals surface area contributed by atoms with Gasteiger partial charge in [-0.3, -0.25) is 9.58 Å². The second kappa shape index (κ2) is 6.86. The third-order valence-electron chi connectivity index (χ3n) is 4.69. The van der Waals surface area contributed by atoms with Crippen molar-refractivity contribution in [2.45, 2.75) is 25.3 Å². The van der Waals surface area contributed by atoms with Crippen molar-refractivity contribution in [3.8, 4) is 0 Å². The summed E-state index contributed by atoms with van der Waals surface area (Å²) in [4.78, 5) is 2.50. The van der Waals surface area contributed by atoms with E-state index in [0.717, 1.165) is 5.56 Å². The Balaban J connectivity index is 1.68. The zero-order valence-corrected chi connectivity index (χ0v) is 15.6. The average molecular weight is 366 g/mol. The van der Waals surface area contributed by atoms with E-state index in [9.17, 15) is 12.8 Å². The maximum Gasteiger partial charge on any atom is 0.246 e. The maximum absolute atomic E-state index is 13.0. The first-order valence-electron chi connectivity index (χ1n) is 8.26. The number of sulfonamides is 1. The standard InChI is InChI=1S/C17H23FN4O2S/c1-13-17(14(2)20(3)19-13)25(23,24)22-10-8-21(9-11-22)12-15-4-6-16(18)7-5-15/h4-7H,8-12H2,1-3H3. The highest BCUT2D eigenvalue weighted by Crippen LogP contribution is 2.24. The minimum atomic E-state index is -3.53. The van der Waals surface area contributed by atoms with Gasteiger partial charge in [0.1, 0.15) is 10.7 Å². The molecule has 0 amide bonds. The van der Waals surface area contributed by atoms with E-state index in [0.29, 0.717) is 49.0 Å². The number of nitrogens with zero attached hydrogens (tertiary/aromatic N) is 4. The second-order valence-electron chi connectivity index (χ2n) is 6.43. The van der Waals surface area contributed by atoms with E-state index in [1.54, 1.807) is 37.7 Å². The van der Waals surface area contributed by atoms with Crippen LogP contribution in [0.1, 0.15) is 17.0 Å². The molecule has 1 aromatic carbocycles. The number of benzene rings is 1. The van der Waals surface area contributed by atoms with Crippen LogP contribution in [0.3, 0.4) is 0 Å². The Hall–Kier alpha value is -1.77. The lowest BCUT2D eigenvalue weighted by atomic mass is 10.2. The van der Waals surface area contributed by atoms with Gasteiger partial charge in [-0.05, 0) is 31.5 Å². The Morgan fingerprint density at radius 1 is 1.08 bits per heavy atom. The lowest BCUT2D eigenvalue weighted by Gasteiger charge is -2.34. The fourth-order valence-electron chi connectivity index (χ4n) is 3.23. The maximum atomic E-state index is 13.0. The third kappa shape index (κ3) is 3.61. The molecule has 2 heterocycles. The summed E-state index contributed by atoms with van der Waals surface area (Å²) in [6, 6.07) is 6.43. The van der Waals surface area contributed by atoms with Crippen molar-refractivity contribution in [2.75, 3.05) is 26.2 Å². The van der Waals surface area contributed by atoms with Crippen LogP contribution in [0.25, 0.3) is 0 Å². The topological polar surface area (TPSA) is 58.4 Å². The zero-order chi connectivity index (χ0) is 18.2. The highest BCUT2D eigenvalue weighted by Gasteiger charge is 2.32. The number of hydrogen-bond acceptors (Lipinski definition) is 4. The monoisotopic (exact) mass is 366 g/mol. The molecule has 1 fully saturated rings. The summed E-state index contributed by atoms with van der Waals surface area (Å²) in [5.74, 6) is -0.248. The van der Waals surface area contributed by atoms with Gasteiger partial charge >= 0.3 is 0 Å². The molecule has 2 aromatic rings. The van der Waals surface area contributed by atoms with Gasteiger partial charge < -0.3 is 0 Å². The van der Waals surface area contributed by atoms with Crippen molar-refractivity contribution < 1.29 is 12.8 Å². The molecule has 0 saturated carbocycles. The van der Waals surface area contributed by atoms with Crippen LogP contribution in [-0.4, -0.2) is 53.6 Å². The molecule has 0 unspecified atom stereocenters. The van der Waals surface area contributed by atoms with Crippen LogP contribution in [0.15, 0.2) is 29.2 Å². The summed E-state index contributed by atoms with van der Waals surface area (Å²) in [5.41, 5.74) is 2.22. The van der Waals surface area contributed by atoms with E-state index in [1.165, 1.54) is 16.4 Å². The Labute approximate surface area is 147 Å². The Morgan fingerprint density at radius 2 is 1.68 bits per heavy atom. The third-order valence-corrected chi connectivity index (χ3v) is 6.84. The first-order valence-corrected chi connectivity index (χ1v) is 9.70. The number of rotatable bonds is 4. The molecule has 6 nitrogen and oxygen atoms in total. The van der Waals surface area contributed by atoms with Crippen LogP contribution >= 0.6 is 0 Å². The molecule has 0 atom stereocenters. The number of aryl methyl sites for hydroxylation is 2. The molecule has 8 heteroatoms. The van der Waals surface area contributed by atoms with E-state index in [1.807, 2.05) is 0 Å².